The Balaban J connectivity index is 2.00. The minimum absolute atomic E-state index is 0.280. The molecule has 1 heterocycles. The average Bonchev–Trinajstić information content (AvgIpc) is 2.79. The fourth-order valence-corrected chi connectivity index (χ4v) is 6.82. The highest BCUT2D eigenvalue weighted by atomic mass is 35.5. The summed E-state index contributed by atoms with van der Waals surface area (Å²) in [7, 11) is -3.67. The lowest BCUT2D eigenvalue weighted by molar-refractivity contribution is 0.0378. The first kappa shape index (κ1) is 20.4. The van der Waals surface area contributed by atoms with E-state index in [4.69, 9.17) is 20.6 Å². The molecule has 1 fully saturated rings. The molecule has 5 heteroatoms. The van der Waals surface area contributed by atoms with Crippen LogP contribution in [0.25, 0.3) is 0 Å². The van der Waals surface area contributed by atoms with E-state index < -0.39 is 12.8 Å². The van der Waals surface area contributed by atoms with Crippen molar-refractivity contribution in [2.24, 2.45) is 5.41 Å². The molecular formula is C24H24ClO3P. The average molecular weight is 427 g/mol. The second-order valence-electron chi connectivity index (χ2n) is 7.80. The van der Waals surface area contributed by atoms with E-state index in [1.54, 1.807) is 0 Å². The summed E-state index contributed by atoms with van der Waals surface area (Å²) < 4.78 is 26.9. The van der Waals surface area contributed by atoms with Crippen LogP contribution in [-0.4, -0.2) is 19.1 Å². The van der Waals surface area contributed by atoms with E-state index in [9.17, 15) is 4.57 Å². The van der Waals surface area contributed by atoms with Gasteiger partial charge < -0.3 is 9.05 Å². The van der Waals surface area contributed by atoms with Crippen LogP contribution in [0.3, 0.4) is 0 Å². The topological polar surface area (TPSA) is 35.5 Å². The molecule has 1 saturated heterocycles. The van der Waals surface area contributed by atoms with Crippen LogP contribution in [0.15, 0.2) is 91.0 Å². The zero-order valence-electron chi connectivity index (χ0n) is 16.3. The Morgan fingerprint density at radius 3 is 1.45 bits per heavy atom. The summed E-state index contributed by atoms with van der Waals surface area (Å²) in [6, 6.07) is 29.5. The highest BCUT2D eigenvalue weighted by Gasteiger charge is 2.57. The molecule has 0 aromatic heterocycles. The largest absolute Gasteiger partial charge is 0.349 e. The molecule has 3 aromatic carbocycles. The Bertz CT molecular complexity index is 884. The fourth-order valence-electron chi connectivity index (χ4n) is 3.84. The Kier molecular flexibility index (Phi) is 5.68. The molecule has 0 atom stereocenters. The lowest BCUT2D eigenvalue weighted by atomic mass is 9.84. The molecule has 0 unspecified atom stereocenters. The lowest BCUT2D eigenvalue weighted by Crippen LogP contribution is -2.40. The van der Waals surface area contributed by atoms with Gasteiger partial charge in [0.05, 0.1) is 13.2 Å². The van der Waals surface area contributed by atoms with Gasteiger partial charge in [-0.3, -0.25) is 4.57 Å². The molecule has 3 aromatic rings. The number of hydrogen-bond acceptors (Lipinski definition) is 3. The Labute approximate surface area is 177 Å². The number of alkyl halides is 1. The first-order valence-corrected chi connectivity index (χ1v) is 11.7. The van der Waals surface area contributed by atoms with Crippen molar-refractivity contribution in [1.82, 2.24) is 0 Å². The summed E-state index contributed by atoms with van der Waals surface area (Å²) in [5, 5.41) is -1.08. The van der Waals surface area contributed by atoms with Gasteiger partial charge in [-0.25, -0.2) is 0 Å². The normalized spacial score (nSPS) is 24.9. The summed E-state index contributed by atoms with van der Waals surface area (Å²) in [6.07, 6.45) is 0. The van der Waals surface area contributed by atoms with Gasteiger partial charge >= 0.3 is 7.60 Å². The number of rotatable bonds is 5. The van der Waals surface area contributed by atoms with Gasteiger partial charge in [-0.1, -0.05) is 97.9 Å². The molecule has 1 aliphatic heterocycles. The first-order chi connectivity index (χ1) is 14.0. The van der Waals surface area contributed by atoms with Crippen molar-refractivity contribution in [3.05, 3.63) is 108 Å². The molecule has 0 saturated carbocycles. The molecule has 4 rings (SSSR count). The zero-order chi connectivity index (χ0) is 20.4. The fraction of sp³-hybridized carbons (Fsp3) is 0.250. The molecule has 150 valence electrons. The van der Waals surface area contributed by atoms with Crippen LogP contribution in [-0.2, 0) is 18.8 Å². The van der Waals surface area contributed by atoms with Crippen LogP contribution in [0, 0.1) is 5.41 Å². The van der Waals surface area contributed by atoms with E-state index in [2.05, 4.69) is 0 Å². The predicted octanol–water partition coefficient (Wildman–Crippen LogP) is 6.46. The molecule has 0 bridgehead atoms. The Morgan fingerprint density at radius 1 is 0.793 bits per heavy atom. The standard InChI is InChI=1S/C24H24ClO3P/c1-23(17-25)18-27-29(26,28-19-23)24(20-11-5-2-6-12-20,21-13-7-3-8-14-21)22-15-9-4-10-16-22/h2-16H,17-19H2,1H3. The monoisotopic (exact) mass is 426 g/mol. The Hall–Kier alpha value is -1.90. The zero-order valence-corrected chi connectivity index (χ0v) is 18.0. The van der Waals surface area contributed by atoms with Crippen molar-refractivity contribution in [3.63, 3.8) is 0 Å². The van der Waals surface area contributed by atoms with Crippen LogP contribution in [0.4, 0.5) is 0 Å². The lowest BCUT2D eigenvalue weighted by Gasteiger charge is -2.45. The molecule has 0 amide bonds. The van der Waals surface area contributed by atoms with E-state index in [1.165, 1.54) is 0 Å². The smallest absolute Gasteiger partial charge is 0.307 e. The minimum Gasteiger partial charge on any atom is -0.307 e. The van der Waals surface area contributed by atoms with Crippen LogP contribution < -0.4 is 0 Å². The van der Waals surface area contributed by atoms with Gasteiger partial charge in [0.25, 0.3) is 0 Å². The van der Waals surface area contributed by atoms with Gasteiger partial charge in [0.1, 0.15) is 5.16 Å². The predicted molar refractivity (Wildman–Crippen MR) is 118 cm³/mol. The third kappa shape index (κ3) is 3.47. The first-order valence-electron chi connectivity index (χ1n) is 9.66. The van der Waals surface area contributed by atoms with Crippen molar-refractivity contribution < 1.29 is 13.6 Å². The maximum atomic E-state index is 14.6. The minimum atomic E-state index is -3.67. The third-order valence-electron chi connectivity index (χ3n) is 5.47. The van der Waals surface area contributed by atoms with Crippen LogP contribution in [0.5, 0.6) is 0 Å². The second kappa shape index (κ2) is 8.08. The molecular weight excluding hydrogens is 403 g/mol. The molecule has 0 aliphatic carbocycles. The number of benzene rings is 3. The van der Waals surface area contributed by atoms with E-state index in [0.29, 0.717) is 5.88 Å². The van der Waals surface area contributed by atoms with Gasteiger partial charge in [-0.15, -0.1) is 11.6 Å². The maximum absolute atomic E-state index is 14.6. The molecule has 29 heavy (non-hydrogen) atoms. The summed E-state index contributed by atoms with van der Waals surface area (Å²) in [5.74, 6) is 0.377. The van der Waals surface area contributed by atoms with Gasteiger partial charge in [0.15, 0.2) is 0 Å². The van der Waals surface area contributed by atoms with E-state index >= 15 is 0 Å². The van der Waals surface area contributed by atoms with Crippen molar-refractivity contribution >= 4 is 19.2 Å². The third-order valence-corrected chi connectivity index (χ3v) is 8.65. The van der Waals surface area contributed by atoms with E-state index in [1.807, 2.05) is 97.9 Å². The number of halogens is 1. The molecule has 0 spiro atoms. The van der Waals surface area contributed by atoms with Gasteiger partial charge in [0, 0.05) is 11.3 Å². The molecule has 0 radical (unpaired) electrons. The van der Waals surface area contributed by atoms with Crippen molar-refractivity contribution in [2.45, 2.75) is 12.1 Å². The number of hydrogen-bond donors (Lipinski definition) is 0. The SMILES string of the molecule is CC1(CCl)COP(=O)(C(c2ccccc2)(c2ccccc2)c2ccccc2)OC1. The summed E-state index contributed by atoms with van der Waals surface area (Å²) in [5.41, 5.74) is 2.24. The van der Waals surface area contributed by atoms with Gasteiger partial charge in [-0.05, 0) is 16.7 Å². The summed E-state index contributed by atoms with van der Waals surface area (Å²) in [4.78, 5) is 0. The highest BCUT2D eigenvalue weighted by Crippen LogP contribution is 2.72. The highest BCUT2D eigenvalue weighted by molar-refractivity contribution is 7.55. The Morgan fingerprint density at radius 2 is 1.14 bits per heavy atom. The van der Waals surface area contributed by atoms with Crippen molar-refractivity contribution in [3.8, 4) is 0 Å². The summed E-state index contributed by atoms with van der Waals surface area (Å²) >= 11 is 6.13. The van der Waals surface area contributed by atoms with Crippen LogP contribution in [0.1, 0.15) is 23.6 Å². The quantitative estimate of drug-likeness (QED) is 0.266. The van der Waals surface area contributed by atoms with E-state index in [0.717, 1.165) is 16.7 Å². The van der Waals surface area contributed by atoms with Gasteiger partial charge in [-0.2, -0.15) is 0 Å². The van der Waals surface area contributed by atoms with Crippen molar-refractivity contribution in [1.29, 1.82) is 0 Å². The van der Waals surface area contributed by atoms with Crippen LogP contribution in [0.2, 0.25) is 0 Å². The second-order valence-corrected chi connectivity index (χ2v) is 10.2. The maximum Gasteiger partial charge on any atom is 0.349 e. The molecule has 0 N–H and O–H groups in total. The molecule has 1 aliphatic rings. The van der Waals surface area contributed by atoms with Crippen LogP contribution >= 0.6 is 19.2 Å². The van der Waals surface area contributed by atoms with Gasteiger partial charge in [0.2, 0.25) is 0 Å². The van der Waals surface area contributed by atoms with Crippen molar-refractivity contribution in [2.75, 3.05) is 19.1 Å². The summed E-state index contributed by atoms with van der Waals surface area (Å²) in [6.45, 7) is 2.54. The van der Waals surface area contributed by atoms with E-state index in [-0.39, 0.29) is 18.6 Å². The molecule has 3 nitrogen and oxygen atoms in total.